The van der Waals surface area contributed by atoms with Gasteiger partial charge in [0.1, 0.15) is 7.85 Å². The highest BCUT2D eigenvalue weighted by Crippen LogP contribution is 2.14. The van der Waals surface area contributed by atoms with Crippen LogP contribution in [0, 0.1) is 0 Å². The van der Waals surface area contributed by atoms with Gasteiger partial charge in [0, 0.05) is 6.61 Å². The van der Waals surface area contributed by atoms with Gasteiger partial charge in [0.2, 0.25) is 0 Å². The van der Waals surface area contributed by atoms with Crippen molar-refractivity contribution >= 4 is 13.3 Å². The number of rotatable bonds is 5. The minimum Gasteiger partial charge on any atom is -0.353 e. The van der Waals surface area contributed by atoms with Crippen LogP contribution in [0.1, 0.15) is 31.2 Å². The molecule has 2 nitrogen and oxygen atoms in total. The zero-order valence-electron chi connectivity index (χ0n) is 10.2. The third-order valence-electron chi connectivity index (χ3n) is 3.03. The molecule has 1 heterocycles. The zero-order valence-corrected chi connectivity index (χ0v) is 10.2. The molecule has 1 aliphatic rings. The van der Waals surface area contributed by atoms with Crippen LogP contribution in [-0.2, 0) is 15.9 Å². The summed E-state index contributed by atoms with van der Waals surface area (Å²) in [6, 6.07) is 8.04. The molecule has 0 N–H and O–H groups in total. The van der Waals surface area contributed by atoms with Crippen LogP contribution in [0.3, 0.4) is 0 Å². The fourth-order valence-corrected chi connectivity index (χ4v) is 2.02. The lowest BCUT2D eigenvalue weighted by molar-refractivity contribution is -0.162. The second-order valence-corrected chi connectivity index (χ2v) is 4.51. The molecule has 1 fully saturated rings. The van der Waals surface area contributed by atoms with Crippen molar-refractivity contribution in [1.29, 1.82) is 0 Å². The van der Waals surface area contributed by atoms with Crippen LogP contribution in [0.2, 0.25) is 0 Å². The number of hydrogen-bond acceptors (Lipinski definition) is 2. The van der Waals surface area contributed by atoms with Crippen LogP contribution in [0.5, 0.6) is 0 Å². The summed E-state index contributed by atoms with van der Waals surface area (Å²) in [4.78, 5) is 0. The first-order valence-corrected chi connectivity index (χ1v) is 6.42. The maximum Gasteiger partial charge on any atom is 0.157 e. The van der Waals surface area contributed by atoms with Crippen molar-refractivity contribution in [2.24, 2.45) is 0 Å². The van der Waals surface area contributed by atoms with Gasteiger partial charge in [0.25, 0.3) is 0 Å². The van der Waals surface area contributed by atoms with Gasteiger partial charge in [-0.15, -0.1) is 0 Å². The third kappa shape index (κ3) is 4.53. The van der Waals surface area contributed by atoms with E-state index in [1.807, 2.05) is 12.1 Å². The second-order valence-electron chi connectivity index (χ2n) is 4.51. The molecule has 3 heteroatoms. The Balaban J connectivity index is 1.60. The van der Waals surface area contributed by atoms with E-state index < -0.39 is 0 Å². The molecule has 17 heavy (non-hydrogen) atoms. The van der Waals surface area contributed by atoms with Crippen LogP contribution in [0.25, 0.3) is 0 Å². The molecule has 2 rings (SSSR count). The smallest absolute Gasteiger partial charge is 0.157 e. The molecule has 0 amide bonds. The van der Waals surface area contributed by atoms with Crippen molar-refractivity contribution < 1.29 is 9.47 Å². The predicted octanol–water partition coefficient (Wildman–Crippen LogP) is 1.96. The Bertz CT molecular complexity index is 317. The van der Waals surface area contributed by atoms with E-state index in [0.29, 0.717) is 0 Å². The van der Waals surface area contributed by atoms with Crippen LogP contribution in [0.4, 0.5) is 0 Å². The number of aryl methyl sites for hydroxylation is 1. The summed E-state index contributed by atoms with van der Waals surface area (Å²) in [5, 5.41) is 0. The Morgan fingerprint density at radius 2 is 2.06 bits per heavy atom. The van der Waals surface area contributed by atoms with Gasteiger partial charge in [-0.25, -0.2) is 0 Å². The predicted molar refractivity (Wildman–Crippen MR) is 69.7 cm³/mol. The molecular formula is C14H19BO2. The molecule has 0 bridgehead atoms. The van der Waals surface area contributed by atoms with E-state index >= 15 is 0 Å². The highest BCUT2D eigenvalue weighted by Gasteiger charge is 2.13. The Morgan fingerprint density at radius 3 is 2.76 bits per heavy atom. The molecule has 1 aromatic rings. The average Bonchev–Trinajstić information content (AvgIpc) is 2.38. The first kappa shape index (κ1) is 12.7. The molecule has 1 unspecified atom stereocenters. The fraction of sp³-hybridized carbons (Fsp3) is 0.571. The number of benzene rings is 1. The maximum absolute atomic E-state index is 5.68. The lowest BCUT2D eigenvalue weighted by atomic mass is 9.94. The minimum absolute atomic E-state index is 0.0372. The van der Waals surface area contributed by atoms with Gasteiger partial charge in [-0.2, -0.15) is 0 Å². The average molecular weight is 230 g/mol. The Hall–Kier alpha value is -0.795. The molecule has 0 aromatic heterocycles. The molecule has 1 aliphatic heterocycles. The van der Waals surface area contributed by atoms with Crippen molar-refractivity contribution in [2.45, 2.75) is 38.4 Å². The summed E-state index contributed by atoms with van der Waals surface area (Å²) in [7, 11) is 5.64. The molecule has 1 atom stereocenters. The summed E-state index contributed by atoms with van der Waals surface area (Å²) in [6.45, 7) is 1.62. The van der Waals surface area contributed by atoms with Gasteiger partial charge in [0.05, 0.1) is 6.61 Å². The van der Waals surface area contributed by atoms with Crippen molar-refractivity contribution in [3.63, 3.8) is 0 Å². The standard InChI is InChI=1S/C14H19BO2/c15-13-8-6-12(7-9-13)4-3-11-17-14-5-1-2-10-16-14/h6-9,14H,1-5,10-11H2. The van der Waals surface area contributed by atoms with E-state index in [4.69, 9.17) is 17.3 Å². The lowest BCUT2D eigenvalue weighted by Crippen LogP contribution is -2.22. The van der Waals surface area contributed by atoms with Crippen molar-refractivity contribution in [1.82, 2.24) is 0 Å². The molecule has 1 saturated heterocycles. The zero-order chi connectivity index (χ0) is 11.9. The Kier molecular flexibility index (Phi) is 5.08. The highest BCUT2D eigenvalue weighted by molar-refractivity contribution is 6.32. The van der Waals surface area contributed by atoms with E-state index in [-0.39, 0.29) is 6.29 Å². The van der Waals surface area contributed by atoms with Crippen LogP contribution < -0.4 is 5.46 Å². The third-order valence-corrected chi connectivity index (χ3v) is 3.03. The summed E-state index contributed by atoms with van der Waals surface area (Å²) in [5.74, 6) is 0. The second kappa shape index (κ2) is 6.82. The molecule has 0 spiro atoms. The van der Waals surface area contributed by atoms with Gasteiger partial charge >= 0.3 is 0 Å². The maximum atomic E-state index is 5.68. The van der Waals surface area contributed by atoms with Gasteiger partial charge < -0.3 is 9.47 Å². The monoisotopic (exact) mass is 230 g/mol. The van der Waals surface area contributed by atoms with E-state index in [1.54, 1.807) is 0 Å². The van der Waals surface area contributed by atoms with Crippen molar-refractivity contribution in [2.75, 3.05) is 13.2 Å². The van der Waals surface area contributed by atoms with E-state index in [9.17, 15) is 0 Å². The van der Waals surface area contributed by atoms with E-state index in [0.717, 1.165) is 37.9 Å². The molecule has 0 saturated carbocycles. The van der Waals surface area contributed by atoms with Crippen molar-refractivity contribution in [3.8, 4) is 0 Å². The minimum atomic E-state index is 0.0372. The van der Waals surface area contributed by atoms with E-state index in [2.05, 4.69) is 12.1 Å². The van der Waals surface area contributed by atoms with Gasteiger partial charge in [-0.05, 0) is 37.7 Å². The topological polar surface area (TPSA) is 18.5 Å². The Labute approximate surface area is 105 Å². The molecule has 0 aliphatic carbocycles. The lowest BCUT2D eigenvalue weighted by Gasteiger charge is -2.22. The SMILES string of the molecule is [B]c1ccc(CCCOC2CCCCO2)cc1. The van der Waals surface area contributed by atoms with E-state index in [1.165, 1.54) is 18.4 Å². The fourth-order valence-electron chi connectivity index (χ4n) is 2.02. The first-order valence-electron chi connectivity index (χ1n) is 6.42. The normalized spacial score (nSPS) is 20.4. The van der Waals surface area contributed by atoms with Crippen LogP contribution >= 0.6 is 0 Å². The summed E-state index contributed by atoms with van der Waals surface area (Å²) in [5.41, 5.74) is 2.13. The number of ether oxygens (including phenoxy) is 2. The Morgan fingerprint density at radius 1 is 1.24 bits per heavy atom. The molecular weight excluding hydrogens is 211 g/mol. The quantitative estimate of drug-likeness (QED) is 0.568. The van der Waals surface area contributed by atoms with Gasteiger partial charge in [-0.3, -0.25) is 0 Å². The number of hydrogen-bond donors (Lipinski definition) is 0. The van der Waals surface area contributed by atoms with Crippen LogP contribution in [-0.4, -0.2) is 27.4 Å². The molecule has 1 aromatic carbocycles. The summed E-state index contributed by atoms with van der Waals surface area (Å²) < 4.78 is 11.2. The van der Waals surface area contributed by atoms with Gasteiger partial charge in [-0.1, -0.05) is 29.7 Å². The summed E-state index contributed by atoms with van der Waals surface area (Å²) in [6.07, 6.45) is 5.54. The summed E-state index contributed by atoms with van der Waals surface area (Å²) >= 11 is 0. The largest absolute Gasteiger partial charge is 0.353 e. The molecule has 2 radical (unpaired) electrons. The van der Waals surface area contributed by atoms with Crippen LogP contribution in [0.15, 0.2) is 24.3 Å². The molecule has 90 valence electrons. The highest BCUT2D eigenvalue weighted by atomic mass is 16.7. The van der Waals surface area contributed by atoms with Crippen molar-refractivity contribution in [3.05, 3.63) is 29.8 Å². The first-order chi connectivity index (χ1) is 8.34. The van der Waals surface area contributed by atoms with Gasteiger partial charge in [0.15, 0.2) is 6.29 Å².